The van der Waals surface area contributed by atoms with E-state index >= 15 is 0 Å². The average Bonchev–Trinajstić information content (AvgIpc) is 3.07. The second-order valence-electron chi connectivity index (χ2n) is 6.51. The van der Waals surface area contributed by atoms with Gasteiger partial charge in [-0.25, -0.2) is 4.98 Å². The van der Waals surface area contributed by atoms with Crippen molar-refractivity contribution in [3.63, 3.8) is 0 Å². The van der Waals surface area contributed by atoms with Crippen molar-refractivity contribution >= 4 is 38.6 Å². The second kappa shape index (κ2) is 6.28. The van der Waals surface area contributed by atoms with Crippen molar-refractivity contribution in [2.24, 2.45) is 0 Å². The number of aromatic hydroxyl groups is 1. The first-order chi connectivity index (χ1) is 13.2. The molecule has 5 rings (SSSR count). The molecule has 0 fully saturated rings. The van der Waals surface area contributed by atoms with Crippen LogP contribution < -0.4 is 5.32 Å². The smallest absolute Gasteiger partial charge is 0.209 e. The lowest BCUT2D eigenvalue weighted by molar-refractivity contribution is 0.473. The number of rotatable bonds is 2. The highest BCUT2D eigenvalue weighted by Gasteiger charge is 2.26. The number of hydrogen-bond donors (Lipinski definition) is 2. The van der Waals surface area contributed by atoms with E-state index in [0.29, 0.717) is 0 Å². The number of benzene rings is 3. The van der Waals surface area contributed by atoms with Crippen LogP contribution in [0.5, 0.6) is 5.75 Å². The van der Waals surface area contributed by atoms with Crippen molar-refractivity contribution < 1.29 is 5.11 Å². The van der Waals surface area contributed by atoms with Crippen LogP contribution in [-0.2, 0) is 0 Å². The van der Waals surface area contributed by atoms with Crippen LogP contribution in [-0.4, -0.2) is 14.7 Å². The van der Waals surface area contributed by atoms with Crippen molar-refractivity contribution in [2.45, 2.75) is 6.04 Å². The monoisotopic (exact) mass is 417 g/mol. The Kier molecular flexibility index (Phi) is 3.76. The summed E-state index contributed by atoms with van der Waals surface area (Å²) in [6.45, 7) is 0. The van der Waals surface area contributed by atoms with Gasteiger partial charge in [0.25, 0.3) is 0 Å². The lowest BCUT2D eigenvalue weighted by atomic mass is 10.0. The number of nitrogens with zero attached hydrogens (tertiary/aromatic N) is 2. The van der Waals surface area contributed by atoms with Gasteiger partial charge in [-0.2, -0.15) is 0 Å². The van der Waals surface area contributed by atoms with Crippen LogP contribution in [0.25, 0.3) is 16.7 Å². The van der Waals surface area contributed by atoms with Crippen molar-refractivity contribution in [2.75, 3.05) is 5.32 Å². The van der Waals surface area contributed by atoms with Gasteiger partial charge in [0.05, 0.1) is 22.8 Å². The van der Waals surface area contributed by atoms with Crippen LogP contribution in [0.1, 0.15) is 17.2 Å². The fourth-order valence-electron chi connectivity index (χ4n) is 3.57. The molecule has 1 aliphatic heterocycles. The molecule has 2 heterocycles. The summed E-state index contributed by atoms with van der Waals surface area (Å²) >= 11 is 3.51. The predicted octanol–water partition coefficient (Wildman–Crippen LogP) is 5.56. The SMILES string of the molecule is Oc1ccccc1C1=C[C@H](c2ccc(Br)cc2)n2c(nc3ccccc32)N1. The molecule has 0 unspecified atom stereocenters. The third kappa shape index (κ3) is 2.71. The molecule has 2 N–H and O–H groups in total. The Morgan fingerprint density at radius 1 is 0.926 bits per heavy atom. The lowest BCUT2D eigenvalue weighted by Gasteiger charge is -2.27. The molecule has 5 heteroatoms. The van der Waals surface area contributed by atoms with E-state index in [0.717, 1.165) is 38.3 Å². The first-order valence-corrected chi connectivity index (χ1v) is 9.49. The van der Waals surface area contributed by atoms with Gasteiger partial charge in [-0.15, -0.1) is 0 Å². The summed E-state index contributed by atoms with van der Waals surface area (Å²) < 4.78 is 3.24. The summed E-state index contributed by atoms with van der Waals surface area (Å²) in [5, 5.41) is 13.7. The summed E-state index contributed by atoms with van der Waals surface area (Å²) in [6.07, 6.45) is 2.14. The van der Waals surface area contributed by atoms with Crippen LogP contribution in [0.4, 0.5) is 5.95 Å². The number of aromatic nitrogens is 2. The molecule has 1 atom stereocenters. The second-order valence-corrected chi connectivity index (χ2v) is 7.43. The average molecular weight is 418 g/mol. The molecular formula is C22H16BrN3O. The molecule has 0 bridgehead atoms. The van der Waals surface area contributed by atoms with Gasteiger partial charge >= 0.3 is 0 Å². The summed E-state index contributed by atoms with van der Waals surface area (Å²) in [4.78, 5) is 4.77. The molecule has 3 aromatic carbocycles. The zero-order valence-corrected chi connectivity index (χ0v) is 15.9. The highest BCUT2D eigenvalue weighted by atomic mass is 79.9. The number of hydrogen-bond acceptors (Lipinski definition) is 3. The van der Waals surface area contributed by atoms with E-state index in [2.05, 4.69) is 50.1 Å². The molecule has 0 aliphatic carbocycles. The molecule has 27 heavy (non-hydrogen) atoms. The molecule has 0 amide bonds. The molecule has 0 saturated carbocycles. The van der Waals surface area contributed by atoms with Crippen molar-refractivity contribution in [3.8, 4) is 5.75 Å². The van der Waals surface area contributed by atoms with Gasteiger partial charge in [0.1, 0.15) is 5.75 Å². The predicted molar refractivity (Wildman–Crippen MR) is 112 cm³/mol. The number of fused-ring (bicyclic) bond motifs is 3. The van der Waals surface area contributed by atoms with Gasteiger partial charge in [-0.05, 0) is 48.0 Å². The Balaban J connectivity index is 1.74. The molecule has 0 spiro atoms. The quantitative estimate of drug-likeness (QED) is 0.448. The van der Waals surface area contributed by atoms with Gasteiger partial charge in [0.2, 0.25) is 5.95 Å². The number of halogens is 1. The molecule has 132 valence electrons. The number of anilines is 1. The van der Waals surface area contributed by atoms with Gasteiger partial charge in [-0.3, -0.25) is 4.57 Å². The maximum Gasteiger partial charge on any atom is 0.209 e. The fraction of sp³-hybridized carbons (Fsp3) is 0.0455. The van der Waals surface area contributed by atoms with Crippen molar-refractivity contribution in [1.29, 1.82) is 0 Å². The van der Waals surface area contributed by atoms with E-state index in [1.807, 2.05) is 48.5 Å². The van der Waals surface area contributed by atoms with Gasteiger partial charge in [-0.1, -0.05) is 52.3 Å². The minimum absolute atomic E-state index is 0.0312. The number of phenols is 1. The minimum Gasteiger partial charge on any atom is -0.507 e. The summed E-state index contributed by atoms with van der Waals surface area (Å²) in [5.74, 6) is 1.01. The van der Waals surface area contributed by atoms with Crippen molar-refractivity contribution in [1.82, 2.24) is 9.55 Å². The highest BCUT2D eigenvalue weighted by molar-refractivity contribution is 9.10. The summed E-state index contributed by atoms with van der Waals surface area (Å²) in [7, 11) is 0. The third-order valence-electron chi connectivity index (χ3n) is 4.85. The Morgan fingerprint density at radius 2 is 1.67 bits per heavy atom. The zero-order chi connectivity index (χ0) is 18.4. The molecule has 1 aromatic heterocycles. The number of nitrogens with one attached hydrogen (secondary N) is 1. The topological polar surface area (TPSA) is 50.1 Å². The summed E-state index contributed by atoms with van der Waals surface area (Å²) in [6, 6.07) is 23.7. The first-order valence-electron chi connectivity index (χ1n) is 8.70. The molecule has 4 aromatic rings. The maximum absolute atomic E-state index is 10.3. The van der Waals surface area contributed by atoms with Crippen LogP contribution in [0.2, 0.25) is 0 Å². The Morgan fingerprint density at radius 3 is 2.48 bits per heavy atom. The van der Waals surface area contributed by atoms with E-state index in [4.69, 9.17) is 4.98 Å². The Bertz CT molecular complexity index is 1180. The van der Waals surface area contributed by atoms with E-state index in [1.54, 1.807) is 6.07 Å². The van der Waals surface area contributed by atoms with Gasteiger partial charge < -0.3 is 10.4 Å². The zero-order valence-electron chi connectivity index (χ0n) is 14.3. The van der Waals surface area contributed by atoms with E-state index in [1.165, 1.54) is 0 Å². The molecule has 1 aliphatic rings. The third-order valence-corrected chi connectivity index (χ3v) is 5.38. The van der Waals surface area contributed by atoms with Crippen LogP contribution in [0.15, 0.2) is 83.3 Å². The minimum atomic E-state index is -0.0312. The first kappa shape index (κ1) is 16.1. The number of para-hydroxylation sites is 3. The van der Waals surface area contributed by atoms with Gasteiger partial charge in [0.15, 0.2) is 0 Å². The number of imidazole rings is 1. The molecule has 0 saturated heterocycles. The highest BCUT2D eigenvalue weighted by Crippen LogP contribution is 2.38. The van der Waals surface area contributed by atoms with Crippen LogP contribution >= 0.6 is 15.9 Å². The molecule has 0 radical (unpaired) electrons. The number of phenolic OH excluding ortho intramolecular Hbond substituents is 1. The Labute approximate surface area is 164 Å². The van der Waals surface area contributed by atoms with Crippen LogP contribution in [0.3, 0.4) is 0 Å². The Hall–Kier alpha value is -3.05. The van der Waals surface area contributed by atoms with E-state index < -0.39 is 0 Å². The number of allylic oxidation sites excluding steroid dienone is 1. The maximum atomic E-state index is 10.3. The standard InChI is InChI=1S/C22H16BrN3O/c23-15-11-9-14(10-12-15)20-13-18(16-5-1-4-8-21(16)27)25-22-24-17-6-2-3-7-19(17)26(20)22/h1-13,20,27H,(H,24,25)/t20-/m1/s1. The van der Waals surface area contributed by atoms with Crippen LogP contribution in [0, 0.1) is 0 Å². The fourth-order valence-corrected chi connectivity index (χ4v) is 3.84. The molecule has 4 nitrogen and oxygen atoms in total. The lowest BCUT2D eigenvalue weighted by Crippen LogP contribution is -2.19. The largest absolute Gasteiger partial charge is 0.507 e. The molecular weight excluding hydrogens is 402 g/mol. The van der Waals surface area contributed by atoms with E-state index in [9.17, 15) is 5.11 Å². The van der Waals surface area contributed by atoms with Gasteiger partial charge in [0, 0.05) is 10.0 Å². The normalized spacial score (nSPS) is 15.9. The van der Waals surface area contributed by atoms with E-state index in [-0.39, 0.29) is 11.8 Å². The summed E-state index contributed by atoms with van der Waals surface area (Å²) in [5.41, 5.74) is 4.77. The van der Waals surface area contributed by atoms with Crippen molar-refractivity contribution in [3.05, 3.63) is 94.5 Å².